The van der Waals surface area contributed by atoms with Gasteiger partial charge in [0.25, 0.3) is 0 Å². The summed E-state index contributed by atoms with van der Waals surface area (Å²) in [6, 6.07) is 9.80. The molecule has 4 nitrogen and oxygen atoms in total. The van der Waals surface area contributed by atoms with E-state index in [9.17, 15) is 9.59 Å². The number of carbonyl (C=O) groups excluding carboxylic acids is 2. The van der Waals surface area contributed by atoms with E-state index in [4.69, 9.17) is 4.74 Å². The van der Waals surface area contributed by atoms with Crippen molar-refractivity contribution in [1.29, 1.82) is 0 Å². The Labute approximate surface area is 141 Å². The molecule has 1 aromatic heterocycles. The number of Topliss-reactive ketones (excluding diaryl/α,β-unsaturated/α-hetero) is 1. The summed E-state index contributed by atoms with van der Waals surface area (Å²) in [5.41, 5.74) is 1.80. The molecular weight excluding hydrogens is 302 g/mol. The second-order valence-corrected chi connectivity index (χ2v) is 7.00. The van der Waals surface area contributed by atoms with Crippen LogP contribution in [0.4, 0.5) is 0 Å². The van der Waals surface area contributed by atoms with E-state index in [1.54, 1.807) is 6.20 Å². The molecule has 0 N–H and O–H groups in total. The van der Waals surface area contributed by atoms with Crippen LogP contribution >= 0.6 is 0 Å². The lowest BCUT2D eigenvalue weighted by Gasteiger charge is -2.36. The molecule has 2 aliphatic rings. The summed E-state index contributed by atoms with van der Waals surface area (Å²) in [4.78, 5) is 29.0. The first-order valence-electron chi connectivity index (χ1n) is 8.75. The summed E-state index contributed by atoms with van der Waals surface area (Å²) < 4.78 is 5.59. The maximum absolute atomic E-state index is 12.5. The van der Waals surface area contributed by atoms with Gasteiger partial charge in [-0.05, 0) is 31.7 Å². The van der Waals surface area contributed by atoms with Gasteiger partial charge in [-0.15, -0.1) is 0 Å². The van der Waals surface area contributed by atoms with E-state index in [1.807, 2.05) is 30.3 Å². The third-order valence-corrected chi connectivity index (χ3v) is 5.47. The molecule has 24 heavy (non-hydrogen) atoms. The van der Waals surface area contributed by atoms with Crippen LogP contribution in [0.3, 0.4) is 0 Å². The fraction of sp³-hybridized carbons (Fsp3) is 0.450. The summed E-state index contributed by atoms with van der Waals surface area (Å²) in [5, 5.41) is 1.05. The normalized spacial score (nSPS) is 26.3. The number of hydrogen-bond acceptors (Lipinski definition) is 4. The van der Waals surface area contributed by atoms with Crippen LogP contribution in [-0.2, 0) is 20.9 Å². The molecule has 2 aromatic rings. The number of ether oxygens (including phenoxy) is 1. The molecule has 124 valence electrons. The molecule has 1 aromatic carbocycles. The van der Waals surface area contributed by atoms with Gasteiger partial charge in [-0.3, -0.25) is 14.6 Å². The van der Waals surface area contributed by atoms with Gasteiger partial charge in [-0.25, -0.2) is 0 Å². The Morgan fingerprint density at radius 3 is 2.67 bits per heavy atom. The molecule has 2 atom stereocenters. The molecule has 1 heterocycles. The number of rotatable bonds is 3. The third-order valence-electron chi connectivity index (χ3n) is 5.47. The van der Waals surface area contributed by atoms with Crippen molar-refractivity contribution in [3.05, 3.63) is 42.1 Å². The SMILES string of the molecule is O=C(OCc1cccc2cccnc12)C1CC2CCCC(C1)C2=O. The average Bonchev–Trinajstić information content (AvgIpc) is 2.59. The molecule has 2 fully saturated rings. The van der Waals surface area contributed by atoms with Crippen LogP contribution in [0.15, 0.2) is 36.5 Å². The molecular formula is C20H21NO3. The molecule has 0 saturated heterocycles. The van der Waals surface area contributed by atoms with E-state index in [-0.39, 0.29) is 30.3 Å². The summed E-state index contributed by atoms with van der Waals surface area (Å²) in [5.74, 6) is 0.250. The number of aromatic nitrogens is 1. The number of ketones is 1. The highest BCUT2D eigenvalue weighted by molar-refractivity contribution is 5.87. The Kier molecular flexibility index (Phi) is 4.05. The molecule has 2 bridgehead atoms. The maximum Gasteiger partial charge on any atom is 0.309 e. The minimum absolute atomic E-state index is 0.0780. The highest BCUT2D eigenvalue weighted by atomic mass is 16.5. The highest BCUT2D eigenvalue weighted by Gasteiger charge is 2.41. The minimum atomic E-state index is -0.160. The first-order valence-corrected chi connectivity index (χ1v) is 8.75. The minimum Gasteiger partial charge on any atom is -0.461 e. The molecule has 2 saturated carbocycles. The zero-order valence-corrected chi connectivity index (χ0v) is 13.6. The van der Waals surface area contributed by atoms with Gasteiger partial charge in [0, 0.05) is 29.0 Å². The van der Waals surface area contributed by atoms with Gasteiger partial charge in [0.05, 0.1) is 11.4 Å². The Morgan fingerprint density at radius 1 is 1.12 bits per heavy atom. The predicted molar refractivity (Wildman–Crippen MR) is 90.1 cm³/mol. The van der Waals surface area contributed by atoms with E-state index in [1.165, 1.54) is 0 Å². The van der Waals surface area contributed by atoms with Crippen molar-refractivity contribution in [2.24, 2.45) is 17.8 Å². The van der Waals surface area contributed by atoms with E-state index in [0.717, 1.165) is 35.7 Å². The first kappa shape index (κ1) is 15.3. The summed E-state index contributed by atoms with van der Waals surface area (Å²) in [6.45, 7) is 0.243. The first-order chi connectivity index (χ1) is 11.7. The van der Waals surface area contributed by atoms with Gasteiger partial charge in [0.2, 0.25) is 0 Å². The zero-order valence-electron chi connectivity index (χ0n) is 13.6. The lowest BCUT2D eigenvalue weighted by molar-refractivity contribution is -0.154. The number of benzene rings is 1. The van der Waals surface area contributed by atoms with Gasteiger partial charge in [-0.2, -0.15) is 0 Å². The van der Waals surface area contributed by atoms with Gasteiger partial charge >= 0.3 is 5.97 Å². The second kappa shape index (κ2) is 6.34. The van der Waals surface area contributed by atoms with Crippen molar-refractivity contribution < 1.29 is 14.3 Å². The number of para-hydroxylation sites is 1. The van der Waals surface area contributed by atoms with Crippen LogP contribution in [0.1, 0.15) is 37.7 Å². The summed E-state index contributed by atoms with van der Waals surface area (Å²) in [7, 11) is 0. The lowest BCUT2D eigenvalue weighted by atomic mass is 9.67. The lowest BCUT2D eigenvalue weighted by Crippen LogP contribution is -2.39. The van der Waals surface area contributed by atoms with Crippen molar-refractivity contribution in [3.8, 4) is 0 Å². The van der Waals surface area contributed by atoms with Gasteiger partial charge in [0.15, 0.2) is 0 Å². The Bertz CT molecular complexity index is 764. The molecule has 4 rings (SSSR count). The van der Waals surface area contributed by atoms with Crippen LogP contribution in [0, 0.1) is 17.8 Å². The molecule has 4 heteroatoms. The number of carbonyl (C=O) groups is 2. The number of pyridine rings is 1. The number of esters is 1. The quantitative estimate of drug-likeness (QED) is 0.809. The average molecular weight is 323 g/mol. The van der Waals surface area contributed by atoms with Gasteiger partial charge in [-0.1, -0.05) is 30.7 Å². The van der Waals surface area contributed by atoms with E-state index >= 15 is 0 Å². The molecule has 0 radical (unpaired) electrons. The maximum atomic E-state index is 12.5. The standard InChI is InChI=1S/C20H21NO3/c22-19-14-5-2-6-15(19)11-17(10-14)20(23)24-12-16-7-1-4-13-8-3-9-21-18(13)16/h1,3-4,7-9,14-15,17H,2,5-6,10-12H2. The Hall–Kier alpha value is -2.23. The number of fused-ring (bicyclic) bond motifs is 3. The third kappa shape index (κ3) is 2.81. The van der Waals surface area contributed by atoms with Crippen LogP contribution in [0.5, 0.6) is 0 Å². The molecule has 2 unspecified atom stereocenters. The number of nitrogens with zero attached hydrogens (tertiary/aromatic N) is 1. The highest BCUT2D eigenvalue weighted by Crippen LogP contribution is 2.40. The molecule has 2 aliphatic carbocycles. The van der Waals surface area contributed by atoms with Crippen LogP contribution in [-0.4, -0.2) is 16.7 Å². The number of hydrogen-bond donors (Lipinski definition) is 0. The van der Waals surface area contributed by atoms with Gasteiger partial charge < -0.3 is 4.74 Å². The fourth-order valence-electron chi connectivity index (χ4n) is 4.22. The van der Waals surface area contributed by atoms with Crippen LogP contribution < -0.4 is 0 Å². The molecule has 0 spiro atoms. The van der Waals surface area contributed by atoms with Crippen LogP contribution in [0.25, 0.3) is 10.9 Å². The van der Waals surface area contributed by atoms with Crippen molar-refractivity contribution in [3.63, 3.8) is 0 Å². The van der Waals surface area contributed by atoms with Crippen LogP contribution in [0.2, 0.25) is 0 Å². The summed E-state index contributed by atoms with van der Waals surface area (Å²) in [6.07, 6.45) is 6.08. The van der Waals surface area contributed by atoms with E-state index < -0.39 is 0 Å². The topological polar surface area (TPSA) is 56.3 Å². The predicted octanol–water partition coefficient (Wildman–Crippen LogP) is 3.67. The van der Waals surface area contributed by atoms with Crippen molar-refractivity contribution in [2.45, 2.75) is 38.7 Å². The summed E-state index contributed by atoms with van der Waals surface area (Å²) >= 11 is 0. The molecule has 0 aliphatic heterocycles. The fourth-order valence-corrected chi connectivity index (χ4v) is 4.22. The largest absolute Gasteiger partial charge is 0.461 e. The Balaban J connectivity index is 1.44. The van der Waals surface area contributed by atoms with Gasteiger partial charge in [0.1, 0.15) is 12.4 Å². The second-order valence-electron chi connectivity index (χ2n) is 7.00. The monoisotopic (exact) mass is 323 g/mol. The van der Waals surface area contributed by atoms with E-state index in [0.29, 0.717) is 18.6 Å². The van der Waals surface area contributed by atoms with Crippen molar-refractivity contribution in [1.82, 2.24) is 4.98 Å². The Morgan fingerprint density at radius 2 is 1.88 bits per heavy atom. The van der Waals surface area contributed by atoms with E-state index in [2.05, 4.69) is 4.98 Å². The van der Waals surface area contributed by atoms with Crippen molar-refractivity contribution >= 4 is 22.7 Å². The van der Waals surface area contributed by atoms with Crippen molar-refractivity contribution in [2.75, 3.05) is 0 Å². The zero-order chi connectivity index (χ0) is 16.5. The molecule has 0 amide bonds. The smallest absolute Gasteiger partial charge is 0.309 e.